The molecule has 1 aliphatic rings. The largest absolute Gasteiger partial charge is 0.463 e. The van der Waals surface area contributed by atoms with Crippen LogP contribution in [0.25, 0.3) is 6.08 Å². The first-order valence-corrected chi connectivity index (χ1v) is 10.1. The third kappa shape index (κ3) is 5.32. The Kier molecular flexibility index (Phi) is 6.82. The third-order valence-corrected chi connectivity index (χ3v) is 5.19. The van der Waals surface area contributed by atoms with Gasteiger partial charge in [0.2, 0.25) is 11.8 Å². The van der Waals surface area contributed by atoms with Gasteiger partial charge in [-0.05, 0) is 58.8 Å². The number of nitrogens with zero attached hydrogens (tertiary/aromatic N) is 1. The molecule has 2 amide bonds. The Morgan fingerprint density at radius 1 is 1.21 bits per heavy atom. The highest BCUT2D eigenvalue weighted by Gasteiger charge is 2.35. The Morgan fingerprint density at radius 2 is 1.93 bits per heavy atom. The highest BCUT2D eigenvalue weighted by molar-refractivity contribution is 9.10. The van der Waals surface area contributed by atoms with Gasteiger partial charge in [-0.2, -0.15) is 0 Å². The Balaban J connectivity index is 1.60. The second-order valence-corrected chi connectivity index (χ2v) is 7.41. The molecule has 150 valence electrons. The number of anilines is 2. The van der Waals surface area contributed by atoms with Crippen LogP contribution in [0.2, 0.25) is 0 Å². The fraction of sp³-hybridized carbons (Fsp3) is 0.227. The number of carbonyl (C=O) groups is 3. The van der Waals surface area contributed by atoms with E-state index in [1.165, 1.54) is 6.08 Å². The maximum atomic E-state index is 12.6. The van der Waals surface area contributed by atoms with Gasteiger partial charge >= 0.3 is 5.97 Å². The molecule has 1 N–H and O–H groups in total. The van der Waals surface area contributed by atoms with Crippen molar-refractivity contribution in [3.63, 3.8) is 0 Å². The lowest BCUT2D eigenvalue weighted by atomic mass is 10.1. The van der Waals surface area contributed by atoms with Crippen LogP contribution in [-0.2, 0) is 19.1 Å². The molecule has 6 nitrogen and oxygen atoms in total. The lowest BCUT2D eigenvalue weighted by Crippen LogP contribution is -2.28. The minimum atomic E-state index is -0.419. The number of halogens is 1. The van der Waals surface area contributed by atoms with E-state index >= 15 is 0 Å². The standard InChI is InChI=1S/C22H21BrN2O4/c1-2-29-21(27)12-9-15-7-10-17(11-8-15)24-22(28)16-13-20(26)25(14-16)19-6-4-3-5-18(19)23/h3-12,16H,2,13-14H2,1H3,(H,24,28)/b12-9+. The van der Waals surface area contributed by atoms with E-state index in [0.717, 1.165) is 15.7 Å². The van der Waals surface area contributed by atoms with Crippen LogP contribution in [0.15, 0.2) is 59.1 Å². The Bertz CT molecular complexity index is 940. The zero-order valence-electron chi connectivity index (χ0n) is 15.9. The number of esters is 1. The average molecular weight is 457 g/mol. The third-order valence-electron chi connectivity index (χ3n) is 4.52. The van der Waals surface area contributed by atoms with Crippen molar-refractivity contribution < 1.29 is 19.1 Å². The van der Waals surface area contributed by atoms with Crippen molar-refractivity contribution in [1.82, 2.24) is 0 Å². The lowest BCUT2D eigenvalue weighted by molar-refractivity contribution is -0.137. The number of hydrogen-bond acceptors (Lipinski definition) is 4. The average Bonchev–Trinajstić information content (AvgIpc) is 3.10. The van der Waals surface area contributed by atoms with Crippen LogP contribution >= 0.6 is 15.9 Å². The van der Waals surface area contributed by atoms with E-state index in [0.29, 0.717) is 18.8 Å². The van der Waals surface area contributed by atoms with E-state index < -0.39 is 11.9 Å². The van der Waals surface area contributed by atoms with E-state index in [9.17, 15) is 14.4 Å². The van der Waals surface area contributed by atoms with Gasteiger partial charge in [0.05, 0.1) is 18.2 Å². The molecule has 0 aliphatic carbocycles. The van der Waals surface area contributed by atoms with Crippen LogP contribution in [0.1, 0.15) is 18.9 Å². The quantitative estimate of drug-likeness (QED) is 0.526. The molecule has 0 spiro atoms. The highest BCUT2D eigenvalue weighted by Crippen LogP contribution is 2.31. The zero-order chi connectivity index (χ0) is 20.8. The summed E-state index contributed by atoms with van der Waals surface area (Å²) in [6.07, 6.45) is 3.18. The van der Waals surface area contributed by atoms with Crippen LogP contribution in [0.4, 0.5) is 11.4 Å². The zero-order valence-corrected chi connectivity index (χ0v) is 17.5. The topological polar surface area (TPSA) is 75.7 Å². The number of para-hydroxylation sites is 1. The molecule has 1 fully saturated rings. The molecule has 2 aromatic carbocycles. The van der Waals surface area contributed by atoms with Gasteiger partial charge in [-0.1, -0.05) is 24.3 Å². The first-order valence-electron chi connectivity index (χ1n) is 9.28. The van der Waals surface area contributed by atoms with Gasteiger partial charge in [0.15, 0.2) is 0 Å². The summed E-state index contributed by atoms with van der Waals surface area (Å²) in [5, 5.41) is 2.86. The molecule has 1 aliphatic heterocycles. The summed E-state index contributed by atoms with van der Waals surface area (Å²) in [4.78, 5) is 38.0. The Labute approximate surface area is 177 Å². The molecule has 0 aromatic heterocycles. The maximum absolute atomic E-state index is 12.6. The fourth-order valence-corrected chi connectivity index (χ4v) is 3.56. The van der Waals surface area contributed by atoms with Gasteiger partial charge < -0.3 is 15.0 Å². The second-order valence-electron chi connectivity index (χ2n) is 6.55. The van der Waals surface area contributed by atoms with Gasteiger partial charge in [-0.15, -0.1) is 0 Å². The number of nitrogens with one attached hydrogen (secondary N) is 1. The highest BCUT2D eigenvalue weighted by atomic mass is 79.9. The SMILES string of the molecule is CCOC(=O)/C=C/c1ccc(NC(=O)C2CC(=O)N(c3ccccc3Br)C2)cc1. The normalized spacial score (nSPS) is 16.3. The number of amides is 2. The van der Waals surface area contributed by atoms with Crippen molar-refractivity contribution in [3.8, 4) is 0 Å². The summed E-state index contributed by atoms with van der Waals surface area (Å²) < 4.78 is 5.66. The van der Waals surface area contributed by atoms with Crippen molar-refractivity contribution in [3.05, 3.63) is 64.6 Å². The molecule has 29 heavy (non-hydrogen) atoms. The summed E-state index contributed by atoms with van der Waals surface area (Å²) in [6, 6.07) is 14.6. The van der Waals surface area contributed by atoms with Gasteiger partial charge in [0.25, 0.3) is 0 Å². The maximum Gasteiger partial charge on any atom is 0.330 e. The molecule has 7 heteroatoms. The van der Waals surface area contributed by atoms with Gasteiger partial charge in [-0.25, -0.2) is 4.79 Å². The van der Waals surface area contributed by atoms with Crippen LogP contribution in [0.3, 0.4) is 0 Å². The minimum Gasteiger partial charge on any atom is -0.463 e. The summed E-state index contributed by atoms with van der Waals surface area (Å²) in [5.74, 6) is -1.08. The van der Waals surface area contributed by atoms with Crippen LogP contribution in [0, 0.1) is 5.92 Å². The van der Waals surface area contributed by atoms with E-state index in [4.69, 9.17) is 4.74 Å². The first kappa shape index (κ1) is 20.8. The molecule has 3 rings (SSSR count). The Morgan fingerprint density at radius 3 is 2.62 bits per heavy atom. The minimum absolute atomic E-state index is 0.0727. The van der Waals surface area contributed by atoms with E-state index in [1.54, 1.807) is 42.2 Å². The van der Waals surface area contributed by atoms with E-state index in [2.05, 4.69) is 21.2 Å². The second kappa shape index (κ2) is 9.52. The lowest BCUT2D eigenvalue weighted by Gasteiger charge is -2.18. The monoisotopic (exact) mass is 456 g/mol. The molecule has 1 unspecified atom stereocenters. The summed E-state index contributed by atoms with van der Waals surface area (Å²) >= 11 is 3.45. The van der Waals surface area contributed by atoms with Gasteiger partial charge in [0.1, 0.15) is 0 Å². The Hall–Kier alpha value is -2.93. The molecular formula is C22H21BrN2O4. The number of benzene rings is 2. The summed E-state index contributed by atoms with van der Waals surface area (Å²) in [6.45, 7) is 2.42. The van der Waals surface area contributed by atoms with Crippen molar-refractivity contribution in [2.24, 2.45) is 5.92 Å². The number of carbonyl (C=O) groups excluding carboxylic acids is 3. The van der Waals surface area contributed by atoms with Crippen LogP contribution in [0.5, 0.6) is 0 Å². The van der Waals surface area contributed by atoms with E-state index in [-0.39, 0.29) is 18.2 Å². The fourth-order valence-electron chi connectivity index (χ4n) is 3.06. The van der Waals surface area contributed by atoms with Crippen LogP contribution in [-0.4, -0.2) is 30.9 Å². The number of rotatable bonds is 6. The molecule has 1 heterocycles. The first-order chi connectivity index (χ1) is 14.0. The van der Waals surface area contributed by atoms with Gasteiger partial charge in [-0.3, -0.25) is 9.59 Å². The van der Waals surface area contributed by atoms with Gasteiger partial charge in [0, 0.05) is 29.2 Å². The summed E-state index contributed by atoms with van der Waals surface area (Å²) in [7, 11) is 0. The van der Waals surface area contributed by atoms with Crippen molar-refractivity contribution in [1.29, 1.82) is 0 Å². The molecular weight excluding hydrogens is 436 g/mol. The smallest absolute Gasteiger partial charge is 0.330 e. The molecule has 0 bridgehead atoms. The number of hydrogen-bond donors (Lipinski definition) is 1. The number of ether oxygens (including phenoxy) is 1. The predicted molar refractivity (Wildman–Crippen MR) is 115 cm³/mol. The van der Waals surface area contributed by atoms with E-state index in [1.807, 2.05) is 24.3 Å². The predicted octanol–water partition coefficient (Wildman–Crippen LogP) is 4.02. The molecule has 0 saturated carbocycles. The van der Waals surface area contributed by atoms with Crippen LogP contribution < -0.4 is 10.2 Å². The molecule has 2 aromatic rings. The summed E-state index contributed by atoms with van der Waals surface area (Å²) in [5.41, 5.74) is 2.22. The van der Waals surface area contributed by atoms with Crippen molar-refractivity contribution in [2.75, 3.05) is 23.4 Å². The molecule has 0 radical (unpaired) electrons. The molecule has 1 saturated heterocycles. The molecule has 1 atom stereocenters. The van der Waals surface area contributed by atoms with Crippen molar-refractivity contribution in [2.45, 2.75) is 13.3 Å². The van der Waals surface area contributed by atoms with Crippen molar-refractivity contribution >= 4 is 51.2 Å².